The molecule has 1 N–H and O–H groups in total. The van der Waals surface area contributed by atoms with Gasteiger partial charge in [0.15, 0.2) is 17.3 Å². The molecule has 3 rings (SSSR count). The number of benzene rings is 2. The molecule has 0 saturated carbocycles. The number of aromatic hydroxyl groups is 1. The van der Waals surface area contributed by atoms with Crippen molar-refractivity contribution in [2.75, 3.05) is 13.7 Å². The molecule has 5 nitrogen and oxygen atoms in total. The number of carbonyl (C=O) groups excluding carboxylic acids is 1. The number of Topliss-reactive ketones (excluding diaryl/α,β-unsaturated/α-hetero) is 1. The molecular weight excluding hydrogens is 284 g/mol. The molecule has 0 aliphatic carbocycles. The summed E-state index contributed by atoms with van der Waals surface area (Å²) in [7, 11) is 1.61. The molecule has 0 saturated heterocycles. The lowest BCUT2D eigenvalue weighted by molar-refractivity contribution is 0.0929. The van der Waals surface area contributed by atoms with Gasteiger partial charge in [0.2, 0.25) is 5.75 Å². The second kappa shape index (κ2) is 5.97. The second-order valence-electron chi connectivity index (χ2n) is 4.95. The van der Waals surface area contributed by atoms with Crippen molar-refractivity contribution in [1.29, 1.82) is 0 Å². The Morgan fingerprint density at radius 2 is 1.95 bits per heavy atom. The number of phenols is 1. The maximum absolute atomic E-state index is 11.7. The number of hydrogen-bond donors (Lipinski definition) is 1. The number of phenolic OH excluding ortho intramolecular Hbond substituents is 1. The monoisotopic (exact) mass is 300 g/mol. The number of carbonyl (C=O) groups is 1. The summed E-state index contributed by atoms with van der Waals surface area (Å²) in [5.41, 5.74) is 1.34. The van der Waals surface area contributed by atoms with E-state index in [0.717, 1.165) is 11.3 Å². The Hall–Kier alpha value is -2.69. The first-order chi connectivity index (χ1) is 10.7. The van der Waals surface area contributed by atoms with Crippen LogP contribution in [0.5, 0.6) is 23.0 Å². The molecule has 0 atom stereocenters. The first kappa shape index (κ1) is 14.3. The van der Waals surface area contributed by atoms with Crippen LogP contribution >= 0.6 is 0 Å². The van der Waals surface area contributed by atoms with Crippen LogP contribution in [0, 0.1) is 0 Å². The van der Waals surface area contributed by atoms with Gasteiger partial charge in [0, 0.05) is 6.42 Å². The summed E-state index contributed by atoms with van der Waals surface area (Å²) in [5, 5.41) is 10.2. The van der Waals surface area contributed by atoms with Crippen molar-refractivity contribution in [1.82, 2.24) is 0 Å². The van der Waals surface area contributed by atoms with Crippen molar-refractivity contribution in [3.05, 3.63) is 47.5 Å². The summed E-state index contributed by atoms with van der Waals surface area (Å²) in [5.74, 6) is 1.12. The van der Waals surface area contributed by atoms with Gasteiger partial charge in [0.25, 0.3) is 0 Å². The normalized spacial score (nSPS) is 13.2. The standard InChI is InChI=1S/C17H16O5/c1-20-12-4-2-11(3-5-12)10-22-15-7-6-13-14(18)8-9-21-17(13)16(15)19/h2-7,19H,8-10H2,1H3. The summed E-state index contributed by atoms with van der Waals surface area (Å²) < 4.78 is 16.1. The number of ether oxygens (including phenoxy) is 3. The van der Waals surface area contributed by atoms with Crippen LogP contribution < -0.4 is 14.2 Å². The van der Waals surface area contributed by atoms with Crippen LogP contribution in [0.25, 0.3) is 0 Å². The number of hydrogen-bond acceptors (Lipinski definition) is 5. The topological polar surface area (TPSA) is 65.0 Å². The first-order valence-corrected chi connectivity index (χ1v) is 6.96. The number of rotatable bonds is 4. The Morgan fingerprint density at radius 1 is 1.18 bits per heavy atom. The Morgan fingerprint density at radius 3 is 2.68 bits per heavy atom. The SMILES string of the molecule is COc1ccc(COc2ccc3c(c2O)OCCC3=O)cc1. The van der Waals surface area contributed by atoms with Crippen molar-refractivity contribution >= 4 is 5.78 Å². The number of methoxy groups -OCH3 is 1. The highest BCUT2D eigenvalue weighted by atomic mass is 16.5. The zero-order chi connectivity index (χ0) is 15.5. The lowest BCUT2D eigenvalue weighted by Gasteiger charge is -2.19. The molecule has 0 spiro atoms. The molecule has 114 valence electrons. The molecule has 1 aliphatic heterocycles. The zero-order valence-electron chi connectivity index (χ0n) is 12.2. The van der Waals surface area contributed by atoms with Crippen LogP contribution in [0.15, 0.2) is 36.4 Å². The van der Waals surface area contributed by atoms with Gasteiger partial charge in [-0.1, -0.05) is 12.1 Å². The molecule has 1 aliphatic rings. The fourth-order valence-corrected chi connectivity index (χ4v) is 2.30. The van der Waals surface area contributed by atoms with Crippen LogP contribution in [0.4, 0.5) is 0 Å². The maximum atomic E-state index is 11.7. The van der Waals surface area contributed by atoms with Crippen molar-refractivity contribution in [2.45, 2.75) is 13.0 Å². The van der Waals surface area contributed by atoms with Crippen molar-refractivity contribution < 1.29 is 24.1 Å². The average Bonchev–Trinajstić information content (AvgIpc) is 2.55. The van der Waals surface area contributed by atoms with Gasteiger partial charge in [0.1, 0.15) is 12.4 Å². The van der Waals surface area contributed by atoms with Crippen LogP contribution in [0.3, 0.4) is 0 Å². The zero-order valence-corrected chi connectivity index (χ0v) is 12.2. The molecule has 22 heavy (non-hydrogen) atoms. The molecule has 0 fully saturated rings. The van der Waals surface area contributed by atoms with E-state index in [0.29, 0.717) is 24.3 Å². The predicted molar refractivity (Wildman–Crippen MR) is 79.9 cm³/mol. The molecule has 0 radical (unpaired) electrons. The highest BCUT2D eigenvalue weighted by Gasteiger charge is 2.24. The first-order valence-electron chi connectivity index (χ1n) is 6.96. The average molecular weight is 300 g/mol. The lowest BCUT2D eigenvalue weighted by Crippen LogP contribution is -2.15. The van der Waals surface area contributed by atoms with Gasteiger partial charge in [-0.05, 0) is 29.8 Å². The highest BCUT2D eigenvalue weighted by molar-refractivity contribution is 6.00. The summed E-state index contributed by atoms with van der Waals surface area (Å²) in [6, 6.07) is 10.7. The molecule has 0 bridgehead atoms. The van der Waals surface area contributed by atoms with Crippen molar-refractivity contribution in [2.24, 2.45) is 0 Å². The predicted octanol–water partition coefficient (Wildman–Crippen LogP) is 2.95. The Kier molecular flexibility index (Phi) is 3.87. The molecular formula is C17H16O5. The van der Waals surface area contributed by atoms with Gasteiger partial charge in [-0.15, -0.1) is 0 Å². The molecule has 1 heterocycles. The van der Waals surface area contributed by atoms with E-state index in [-0.39, 0.29) is 23.9 Å². The van der Waals surface area contributed by atoms with E-state index in [1.165, 1.54) is 0 Å². The minimum absolute atomic E-state index is 0.0294. The maximum Gasteiger partial charge on any atom is 0.201 e. The van der Waals surface area contributed by atoms with Crippen LogP contribution in [-0.4, -0.2) is 24.6 Å². The summed E-state index contributed by atoms with van der Waals surface area (Å²) in [4.78, 5) is 11.7. The molecule has 5 heteroatoms. The highest BCUT2D eigenvalue weighted by Crippen LogP contribution is 2.41. The van der Waals surface area contributed by atoms with Crippen LogP contribution in [-0.2, 0) is 6.61 Å². The third kappa shape index (κ3) is 2.70. The van der Waals surface area contributed by atoms with Gasteiger partial charge in [-0.2, -0.15) is 0 Å². The molecule has 0 amide bonds. The van der Waals surface area contributed by atoms with Crippen molar-refractivity contribution in [3.63, 3.8) is 0 Å². The molecule has 0 aromatic heterocycles. The van der Waals surface area contributed by atoms with Gasteiger partial charge >= 0.3 is 0 Å². The van der Waals surface area contributed by atoms with Gasteiger partial charge in [0.05, 0.1) is 19.3 Å². The quantitative estimate of drug-likeness (QED) is 0.940. The summed E-state index contributed by atoms with van der Waals surface area (Å²) >= 11 is 0. The summed E-state index contributed by atoms with van der Waals surface area (Å²) in [6.45, 7) is 0.575. The van der Waals surface area contributed by atoms with Gasteiger partial charge in [-0.25, -0.2) is 0 Å². The van der Waals surface area contributed by atoms with E-state index in [4.69, 9.17) is 14.2 Å². The van der Waals surface area contributed by atoms with E-state index >= 15 is 0 Å². The Labute approximate surface area is 128 Å². The van der Waals surface area contributed by atoms with E-state index < -0.39 is 0 Å². The number of fused-ring (bicyclic) bond motifs is 1. The van der Waals surface area contributed by atoms with Crippen LogP contribution in [0.1, 0.15) is 22.3 Å². The summed E-state index contributed by atoms with van der Waals surface area (Å²) in [6.07, 6.45) is 0.332. The second-order valence-corrected chi connectivity index (χ2v) is 4.95. The van der Waals surface area contributed by atoms with Gasteiger partial charge in [-0.3, -0.25) is 4.79 Å². The molecule has 2 aromatic rings. The Balaban J connectivity index is 1.76. The third-order valence-electron chi connectivity index (χ3n) is 3.52. The third-order valence-corrected chi connectivity index (χ3v) is 3.52. The van der Waals surface area contributed by atoms with E-state index in [1.54, 1.807) is 19.2 Å². The smallest absolute Gasteiger partial charge is 0.201 e. The van der Waals surface area contributed by atoms with Crippen LogP contribution in [0.2, 0.25) is 0 Å². The fraction of sp³-hybridized carbons (Fsp3) is 0.235. The largest absolute Gasteiger partial charge is 0.502 e. The van der Waals surface area contributed by atoms with E-state index in [9.17, 15) is 9.90 Å². The van der Waals surface area contributed by atoms with E-state index in [2.05, 4.69) is 0 Å². The number of ketones is 1. The Bertz CT molecular complexity index is 691. The molecule has 2 aromatic carbocycles. The lowest BCUT2D eigenvalue weighted by atomic mass is 10.0. The molecule has 0 unspecified atom stereocenters. The fourth-order valence-electron chi connectivity index (χ4n) is 2.30. The van der Waals surface area contributed by atoms with E-state index in [1.807, 2.05) is 24.3 Å². The minimum atomic E-state index is -0.126. The van der Waals surface area contributed by atoms with Gasteiger partial charge < -0.3 is 19.3 Å². The minimum Gasteiger partial charge on any atom is -0.502 e. The van der Waals surface area contributed by atoms with Crippen molar-refractivity contribution in [3.8, 4) is 23.0 Å².